The first kappa shape index (κ1) is 26.1. The monoisotopic (exact) mass is 570 g/mol. The fraction of sp³-hybridized carbons (Fsp3) is 0.103. The van der Waals surface area contributed by atoms with Gasteiger partial charge in [-0.1, -0.05) is 0 Å². The van der Waals surface area contributed by atoms with Gasteiger partial charge >= 0.3 is 0 Å². The van der Waals surface area contributed by atoms with E-state index in [9.17, 15) is 17.6 Å². The molecular formula is C29H23FN6O4S. The topological polar surface area (TPSA) is 134 Å². The van der Waals surface area contributed by atoms with E-state index in [2.05, 4.69) is 25.3 Å². The van der Waals surface area contributed by atoms with E-state index in [1.165, 1.54) is 38.4 Å². The van der Waals surface area contributed by atoms with Crippen LogP contribution in [0.25, 0.3) is 56.0 Å². The van der Waals surface area contributed by atoms with Crippen LogP contribution in [0.5, 0.6) is 0 Å². The molecule has 0 bridgehead atoms. The largest absolute Gasteiger partial charge is 0.455 e. The van der Waals surface area contributed by atoms with Crippen LogP contribution in [0.3, 0.4) is 0 Å². The average molecular weight is 571 g/mol. The Morgan fingerprint density at radius 1 is 1.05 bits per heavy atom. The predicted octanol–water partition coefficient (Wildman–Crippen LogP) is 4.99. The highest BCUT2D eigenvalue weighted by molar-refractivity contribution is 7.92. The molecular weight excluding hydrogens is 547 g/mol. The highest BCUT2D eigenvalue weighted by Crippen LogP contribution is 2.41. The van der Waals surface area contributed by atoms with Crippen LogP contribution >= 0.6 is 0 Å². The summed E-state index contributed by atoms with van der Waals surface area (Å²) < 4.78 is 46.3. The van der Waals surface area contributed by atoms with Crippen molar-refractivity contribution in [2.45, 2.75) is 0 Å². The molecule has 0 aliphatic heterocycles. The molecule has 0 saturated heterocycles. The van der Waals surface area contributed by atoms with Gasteiger partial charge in [-0.15, -0.1) is 0 Å². The lowest BCUT2D eigenvalue weighted by Gasteiger charge is -2.20. The van der Waals surface area contributed by atoms with Crippen LogP contribution in [-0.2, 0) is 10.0 Å². The van der Waals surface area contributed by atoms with Crippen LogP contribution in [0.2, 0.25) is 0 Å². The van der Waals surface area contributed by atoms with E-state index < -0.39 is 21.7 Å². The van der Waals surface area contributed by atoms with Crippen molar-refractivity contribution in [3.63, 3.8) is 0 Å². The molecule has 0 saturated carbocycles. The molecule has 12 heteroatoms. The van der Waals surface area contributed by atoms with Crippen molar-refractivity contribution in [2.24, 2.45) is 0 Å². The first-order valence-corrected chi connectivity index (χ1v) is 14.3. The number of hydrogen-bond acceptors (Lipinski definition) is 7. The molecule has 10 nitrogen and oxygen atoms in total. The molecule has 4 heterocycles. The molecule has 2 aromatic carbocycles. The Kier molecular flexibility index (Phi) is 6.26. The van der Waals surface area contributed by atoms with Crippen molar-refractivity contribution < 1.29 is 22.0 Å². The standard InChI is InChI=1S/C29H23FN6O4S/c1-31-29(37)25-21-12-20(17-11-18(15-32-14-17)27-34-22-5-4-10-33-28(22)35-27)23(36(2)41(3,38)39)13-24(21)40-26(25)16-6-8-19(30)9-7-16/h4-15H,1-3H3,(H,31,37)(H,33,34,35). The van der Waals surface area contributed by atoms with Gasteiger partial charge in [0.2, 0.25) is 10.0 Å². The van der Waals surface area contributed by atoms with E-state index in [0.717, 1.165) is 16.1 Å². The van der Waals surface area contributed by atoms with Gasteiger partial charge in [0.15, 0.2) is 5.65 Å². The van der Waals surface area contributed by atoms with Crippen LogP contribution < -0.4 is 9.62 Å². The quantitative estimate of drug-likeness (QED) is 0.288. The lowest BCUT2D eigenvalue weighted by Crippen LogP contribution is -2.25. The summed E-state index contributed by atoms with van der Waals surface area (Å²) in [6, 6.07) is 14.3. The number of aromatic amines is 1. The Morgan fingerprint density at radius 2 is 1.80 bits per heavy atom. The summed E-state index contributed by atoms with van der Waals surface area (Å²) in [6.07, 6.45) is 5.99. The number of nitrogens with one attached hydrogen (secondary N) is 2. The summed E-state index contributed by atoms with van der Waals surface area (Å²) in [7, 11) is -0.758. The predicted molar refractivity (Wildman–Crippen MR) is 154 cm³/mol. The minimum absolute atomic E-state index is 0.228. The number of rotatable bonds is 6. The fourth-order valence-electron chi connectivity index (χ4n) is 4.66. The number of aromatic nitrogens is 4. The Hall–Kier alpha value is -5.10. The zero-order chi connectivity index (χ0) is 28.9. The molecule has 4 aromatic heterocycles. The Balaban J connectivity index is 1.61. The van der Waals surface area contributed by atoms with Crippen molar-refractivity contribution in [1.82, 2.24) is 25.3 Å². The molecule has 1 amide bonds. The molecule has 2 N–H and O–H groups in total. The number of sulfonamides is 1. The summed E-state index contributed by atoms with van der Waals surface area (Å²) in [5, 5.41) is 3.08. The van der Waals surface area contributed by atoms with Crippen LogP contribution in [-0.4, -0.2) is 54.6 Å². The van der Waals surface area contributed by atoms with Gasteiger partial charge < -0.3 is 14.7 Å². The van der Waals surface area contributed by atoms with Crippen LogP contribution in [0.15, 0.2) is 77.6 Å². The molecule has 206 valence electrons. The molecule has 6 rings (SSSR count). The van der Waals surface area contributed by atoms with Gasteiger partial charge in [0.05, 0.1) is 23.0 Å². The second kappa shape index (κ2) is 9.82. The summed E-state index contributed by atoms with van der Waals surface area (Å²) in [6.45, 7) is 0. The fourth-order valence-corrected chi connectivity index (χ4v) is 5.16. The number of pyridine rings is 2. The number of amides is 1. The van der Waals surface area contributed by atoms with Crippen molar-refractivity contribution in [2.75, 3.05) is 24.7 Å². The van der Waals surface area contributed by atoms with Gasteiger partial charge in [0.1, 0.15) is 23.0 Å². The summed E-state index contributed by atoms with van der Waals surface area (Å²) >= 11 is 0. The lowest BCUT2D eigenvalue weighted by atomic mass is 9.98. The summed E-state index contributed by atoms with van der Waals surface area (Å²) in [4.78, 5) is 29.6. The average Bonchev–Trinajstić information content (AvgIpc) is 3.57. The minimum Gasteiger partial charge on any atom is -0.455 e. The van der Waals surface area contributed by atoms with E-state index in [-0.39, 0.29) is 16.9 Å². The van der Waals surface area contributed by atoms with E-state index >= 15 is 0 Å². The van der Waals surface area contributed by atoms with E-state index in [1.54, 1.807) is 36.8 Å². The number of halogens is 1. The van der Waals surface area contributed by atoms with Crippen molar-refractivity contribution in [3.8, 4) is 33.8 Å². The third-order valence-electron chi connectivity index (χ3n) is 6.78. The maximum absolute atomic E-state index is 13.7. The second-order valence-corrected chi connectivity index (χ2v) is 11.4. The Bertz CT molecular complexity index is 2040. The van der Waals surface area contributed by atoms with Crippen molar-refractivity contribution in [3.05, 3.63) is 84.6 Å². The molecule has 0 radical (unpaired) electrons. The summed E-state index contributed by atoms with van der Waals surface area (Å²) in [5.41, 5.74) is 4.35. The number of hydrogen-bond donors (Lipinski definition) is 2. The maximum Gasteiger partial charge on any atom is 0.255 e. The molecule has 0 unspecified atom stereocenters. The first-order valence-electron chi connectivity index (χ1n) is 12.4. The normalized spacial score (nSPS) is 11.7. The highest BCUT2D eigenvalue weighted by atomic mass is 32.2. The number of carbonyl (C=O) groups excluding carboxylic acids is 1. The molecule has 0 spiro atoms. The SMILES string of the molecule is CNC(=O)c1c(-c2ccc(F)cc2)oc2cc(N(C)S(C)(=O)=O)c(-c3cncc(-c4nc5ncccc5[nH]4)c3)cc12. The van der Waals surface area contributed by atoms with Gasteiger partial charge in [0.25, 0.3) is 5.91 Å². The highest BCUT2D eigenvalue weighted by Gasteiger charge is 2.26. The van der Waals surface area contributed by atoms with Gasteiger partial charge in [-0.3, -0.25) is 14.1 Å². The van der Waals surface area contributed by atoms with Gasteiger partial charge in [-0.25, -0.2) is 22.8 Å². The van der Waals surface area contributed by atoms with Crippen molar-refractivity contribution >= 4 is 43.8 Å². The van der Waals surface area contributed by atoms with Crippen LogP contribution in [0.4, 0.5) is 10.1 Å². The molecule has 41 heavy (non-hydrogen) atoms. The third-order valence-corrected chi connectivity index (χ3v) is 7.98. The number of furan rings is 1. The number of benzene rings is 2. The lowest BCUT2D eigenvalue weighted by molar-refractivity contribution is 0.0964. The number of fused-ring (bicyclic) bond motifs is 2. The van der Waals surface area contributed by atoms with Crippen LogP contribution in [0.1, 0.15) is 10.4 Å². The molecule has 0 atom stereocenters. The van der Waals surface area contributed by atoms with Gasteiger partial charge in [-0.05, 0) is 48.5 Å². The smallest absolute Gasteiger partial charge is 0.255 e. The molecule has 0 aliphatic carbocycles. The van der Waals surface area contributed by atoms with Crippen LogP contribution in [0, 0.1) is 5.82 Å². The minimum atomic E-state index is -3.69. The molecule has 0 fully saturated rings. The molecule has 6 aromatic rings. The first-order chi connectivity index (χ1) is 19.6. The van der Waals surface area contributed by atoms with Crippen molar-refractivity contribution in [1.29, 1.82) is 0 Å². The zero-order valence-electron chi connectivity index (χ0n) is 22.1. The number of anilines is 1. The number of carbonyl (C=O) groups is 1. The number of imidazole rings is 1. The van der Waals surface area contributed by atoms with E-state index in [4.69, 9.17) is 4.42 Å². The second-order valence-electron chi connectivity index (χ2n) is 9.41. The van der Waals surface area contributed by atoms with E-state index in [0.29, 0.717) is 44.8 Å². The third kappa shape index (κ3) is 4.67. The van der Waals surface area contributed by atoms with Gasteiger partial charge in [0, 0.05) is 66.4 Å². The number of H-pyrrole nitrogens is 1. The molecule has 0 aliphatic rings. The number of nitrogens with zero attached hydrogens (tertiary/aromatic N) is 4. The van der Waals surface area contributed by atoms with E-state index in [1.807, 2.05) is 12.1 Å². The Labute approximate surface area is 233 Å². The van der Waals surface area contributed by atoms with Gasteiger partial charge in [-0.2, -0.15) is 0 Å². The maximum atomic E-state index is 13.7. The summed E-state index contributed by atoms with van der Waals surface area (Å²) in [5.74, 6) is -0.0792. The zero-order valence-corrected chi connectivity index (χ0v) is 23.0. The Morgan fingerprint density at radius 3 is 2.51 bits per heavy atom.